The topological polar surface area (TPSA) is 69.8 Å². The number of nitrogens with zero attached hydrogens (tertiary/aromatic N) is 1. The van der Waals surface area contributed by atoms with Gasteiger partial charge in [0, 0.05) is 31.8 Å². The Morgan fingerprint density at radius 2 is 1.88 bits per heavy atom. The molecule has 4 aliphatic rings. The molecule has 1 aliphatic carbocycles. The van der Waals surface area contributed by atoms with Crippen LogP contribution < -0.4 is 21.7 Å². The number of hydrogen-bond acceptors (Lipinski definition) is 7. The van der Waals surface area contributed by atoms with Gasteiger partial charge in [-0.2, -0.15) is 5.12 Å². The first-order valence-corrected chi connectivity index (χ1v) is 9.74. The minimum absolute atomic E-state index is 0.278. The first-order valence-electron chi connectivity index (χ1n) is 9.74. The zero-order chi connectivity index (χ0) is 16.5. The standard InChI is InChI=1S/C17H33N5O2/c1-11-5-7-22-18-10-16(21-22)17-14-9-13(3-4-15(14)19-20-17)24-12(2)6-8-23-11/h11-21H,3-10H2,1-2H3/t11-,12-,13?,14?,15?,16?,17?/m1/s1. The number of hydrazine groups is 3. The third-order valence-corrected chi connectivity index (χ3v) is 6.12. The molecule has 4 N–H and O–H groups in total. The van der Waals surface area contributed by atoms with Gasteiger partial charge in [-0.3, -0.25) is 10.9 Å². The molecule has 4 rings (SSSR count). The molecule has 0 aromatic heterocycles. The molecule has 7 heteroatoms. The van der Waals surface area contributed by atoms with Gasteiger partial charge < -0.3 is 9.47 Å². The predicted octanol–water partition coefficient (Wildman–Crippen LogP) is 0.298. The molecule has 0 spiro atoms. The van der Waals surface area contributed by atoms with E-state index in [4.69, 9.17) is 9.47 Å². The van der Waals surface area contributed by atoms with Crippen LogP contribution in [0.1, 0.15) is 46.0 Å². The lowest BCUT2D eigenvalue weighted by Crippen LogP contribution is -2.51. The number of fused-ring (bicyclic) bond motifs is 4. The monoisotopic (exact) mass is 339 g/mol. The molecule has 8 atom stereocenters. The van der Waals surface area contributed by atoms with Crippen molar-refractivity contribution in [1.82, 2.24) is 26.8 Å². The number of hydrogen-bond donors (Lipinski definition) is 4. The Morgan fingerprint density at radius 3 is 2.79 bits per heavy atom. The second kappa shape index (κ2) is 7.53. The molecule has 1 saturated carbocycles. The van der Waals surface area contributed by atoms with Gasteiger partial charge in [-0.05, 0) is 51.9 Å². The van der Waals surface area contributed by atoms with Crippen LogP contribution in [0.3, 0.4) is 0 Å². The molecule has 4 bridgehead atoms. The highest BCUT2D eigenvalue weighted by Crippen LogP contribution is 2.34. The molecular weight excluding hydrogens is 306 g/mol. The summed E-state index contributed by atoms with van der Waals surface area (Å²) in [6, 6.07) is 1.46. The zero-order valence-electron chi connectivity index (χ0n) is 15.0. The summed E-state index contributed by atoms with van der Waals surface area (Å²) in [5.41, 5.74) is 14.2. The Labute approximate surface area is 145 Å². The van der Waals surface area contributed by atoms with Crippen LogP contribution in [0.25, 0.3) is 0 Å². The summed E-state index contributed by atoms with van der Waals surface area (Å²) in [7, 11) is 0. The highest BCUT2D eigenvalue weighted by molar-refractivity contribution is 5.02. The molecule has 3 aliphatic heterocycles. The smallest absolute Gasteiger partial charge is 0.0583 e. The summed E-state index contributed by atoms with van der Waals surface area (Å²) in [5, 5.41) is 2.15. The van der Waals surface area contributed by atoms with Crippen molar-refractivity contribution in [2.24, 2.45) is 5.92 Å². The van der Waals surface area contributed by atoms with Crippen molar-refractivity contribution < 1.29 is 9.47 Å². The minimum atomic E-state index is 0.278. The lowest BCUT2D eigenvalue weighted by atomic mass is 9.78. The molecule has 4 fully saturated rings. The summed E-state index contributed by atoms with van der Waals surface area (Å²) in [5.74, 6) is 0.635. The van der Waals surface area contributed by atoms with Gasteiger partial charge in [-0.1, -0.05) is 0 Å². The summed E-state index contributed by atoms with van der Waals surface area (Å²) >= 11 is 0. The van der Waals surface area contributed by atoms with Gasteiger partial charge in [-0.15, -0.1) is 0 Å². The Bertz CT molecular complexity index is 426. The van der Waals surface area contributed by atoms with Gasteiger partial charge >= 0.3 is 0 Å². The molecule has 7 nitrogen and oxygen atoms in total. The summed E-state index contributed by atoms with van der Waals surface area (Å²) in [6.45, 7) is 7.08. The van der Waals surface area contributed by atoms with Crippen molar-refractivity contribution in [3.8, 4) is 0 Å². The van der Waals surface area contributed by atoms with Gasteiger partial charge in [0.1, 0.15) is 0 Å². The molecule has 0 radical (unpaired) electrons. The minimum Gasteiger partial charge on any atom is -0.378 e. The van der Waals surface area contributed by atoms with Crippen molar-refractivity contribution in [3.63, 3.8) is 0 Å². The fourth-order valence-corrected chi connectivity index (χ4v) is 4.65. The summed E-state index contributed by atoms with van der Waals surface area (Å²) in [4.78, 5) is 0. The Morgan fingerprint density at radius 1 is 0.958 bits per heavy atom. The van der Waals surface area contributed by atoms with Gasteiger partial charge in [0.15, 0.2) is 0 Å². The average molecular weight is 339 g/mol. The molecule has 0 aromatic carbocycles. The van der Waals surface area contributed by atoms with Crippen LogP contribution in [0.5, 0.6) is 0 Å². The van der Waals surface area contributed by atoms with Gasteiger partial charge in [-0.25, -0.2) is 10.9 Å². The van der Waals surface area contributed by atoms with Gasteiger partial charge in [0.25, 0.3) is 0 Å². The van der Waals surface area contributed by atoms with Crippen LogP contribution in [0.2, 0.25) is 0 Å². The van der Waals surface area contributed by atoms with E-state index >= 15 is 0 Å². The maximum Gasteiger partial charge on any atom is 0.0583 e. The van der Waals surface area contributed by atoms with Crippen LogP contribution in [0, 0.1) is 5.92 Å². The lowest BCUT2D eigenvalue weighted by molar-refractivity contribution is -0.0531. The van der Waals surface area contributed by atoms with Crippen LogP contribution in [-0.2, 0) is 9.47 Å². The molecule has 3 saturated heterocycles. The third kappa shape index (κ3) is 3.77. The van der Waals surface area contributed by atoms with Gasteiger partial charge in [0.05, 0.1) is 24.4 Å². The maximum atomic E-state index is 6.35. The van der Waals surface area contributed by atoms with E-state index in [0.717, 1.165) is 45.4 Å². The number of rotatable bonds is 0. The largest absolute Gasteiger partial charge is 0.378 e. The van der Waals surface area contributed by atoms with Crippen molar-refractivity contribution in [2.45, 2.75) is 82.4 Å². The quantitative estimate of drug-likeness (QED) is 0.506. The van der Waals surface area contributed by atoms with E-state index in [-0.39, 0.29) is 12.2 Å². The second-order valence-corrected chi connectivity index (χ2v) is 7.97. The first kappa shape index (κ1) is 17.1. The van der Waals surface area contributed by atoms with Crippen LogP contribution in [0.4, 0.5) is 0 Å². The van der Waals surface area contributed by atoms with Crippen LogP contribution in [0.15, 0.2) is 0 Å². The molecule has 3 heterocycles. The molecule has 138 valence electrons. The highest BCUT2D eigenvalue weighted by atomic mass is 16.5. The normalized spacial score (nSPS) is 50.2. The Kier molecular flexibility index (Phi) is 5.38. The first-order chi connectivity index (χ1) is 11.7. The third-order valence-electron chi connectivity index (χ3n) is 6.12. The molecule has 24 heavy (non-hydrogen) atoms. The molecule has 0 amide bonds. The molecular formula is C17H33N5O2. The summed E-state index contributed by atoms with van der Waals surface area (Å²) < 4.78 is 12.3. The van der Waals surface area contributed by atoms with Crippen molar-refractivity contribution in [1.29, 1.82) is 0 Å². The van der Waals surface area contributed by atoms with E-state index in [1.165, 1.54) is 6.42 Å². The fourth-order valence-electron chi connectivity index (χ4n) is 4.65. The van der Waals surface area contributed by atoms with E-state index in [9.17, 15) is 0 Å². The average Bonchev–Trinajstić information content (AvgIpc) is 3.18. The van der Waals surface area contributed by atoms with Crippen molar-refractivity contribution >= 4 is 0 Å². The molecule has 6 unspecified atom stereocenters. The van der Waals surface area contributed by atoms with Crippen molar-refractivity contribution in [2.75, 3.05) is 19.7 Å². The predicted molar refractivity (Wildman–Crippen MR) is 91.8 cm³/mol. The highest BCUT2D eigenvalue weighted by Gasteiger charge is 2.45. The van der Waals surface area contributed by atoms with E-state index in [1.54, 1.807) is 0 Å². The molecule has 0 aromatic rings. The van der Waals surface area contributed by atoms with Gasteiger partial charge in [0.2, 0.25) is 0 Å². The Balaban J connectivity index is 1.46. The number of nitrogens with one attached hydrogen (secondary N) is 4. The SMILES string of the molecule is C[C@@H]1CCN2NCC(N2)C2NNC3CCC(CC32)O[C@H](C)CCO1. The fraction of sp³-hybridized carbons (Fsp3) is 1.00. The van der Waals surface area contributed by atoms with E-state index in [1.807, 2.05) is 0 Å². The van der Waals surface area contributed by atoms with E-state index in [2.05, 4.69) is 40.7 Å². The Hall–Kier alpha value is -0.280. The lowest BCUT2D eigenvalue weighted by Gasteiger charge is -2.35. The van der Waals surface area contributed by atoms with Crippen molar-refractivity contribution in [3.05, 3.63) is 0 Å². The van der Waals surface area contributed by atoms with E-state index < -0.39 is 0 Å². The van der Waals surface area contributed by atoms with Crippen LogP contribution in [-0.4, -0.2) is 61.3 Å². The second-order valence-electron chi connectivity index (χ2n) is 7.97. The zero-order valence-corrected chi connectivity index (χ0v) is 15.0. The van der Waals surface area contributed by atoms with Crippen LogP contribution >= 0.6 is 0 Å². The van der Waals surface area contributed by atoms with E-state index in [0.29, 0.717) is 30.1 Å². The number of ether oxygens (including phenoxy) is 2. The summed E-state index contributed by atoms with van der Waals surface area (Å²) in [6.07, 6.45) is 6.46. The maximum absolute atomic E-state index is 6.35.